The second-order valence-electron chi connectivity index (χ2n) is 6.43. The van der Waals surface area contributed by atoms with Crippen LogP contribution in [0.5, 0.6) is 0 Å². The summed E-state index contributed by atoms with van der Waals surface area (Å²) >= 11 is 1.06. The van der Waals surface area contributed by atoms with E-state index in [1.807, 2.05) is 0 Å². The highest BCUT2D eigenvalue weighted by Gasteiger charge is 2.46. The molecule has 0 bridgehead atoms. The van der Waals surface area contributed by atoms with Crippen molar-refractivity contribution in [1.29, 1.82) is 0 Å². The number of carbonyl (C=O) groups is 1. The van der Waals surface area contributed by atoms with E-state index in [0.717, 1.165) is 33.3 Å². The first-order valence-electron chi connectivity index (χ1n) is 8.50. The fourth-order valence-corrected chi connectivity index (χ4v) is 4.06. The van der Waals surface area contributed by atoms with E-state index in [1.165, 1.54) is 24.3 Å². The summed E-state index contributed by atoms with van der Waals surface area (Å²) in [5, 5.41) is 17.3. The van der Waals surface area contributed by atoms with Gasteiger partial charge in [-0.1, -0.05) is 12.1 Å². The summed E-state index contributed by atoms with van der Waals surface area (Å²) in [7, 11) is 0. The standard InChI is InChI=1S/C18H12F3N5O3S/c1-9-5-6-12(30-9)15(27)13-14(10-3-2-4-11(7-10)26(28)29)25-17(22-8-23-25)24-16(13)18(19,20)21/h2-8,14H,1H3,(H,22,23,24)/t14-/m1/s1. The molecule has 1 aliphatic rings. The van der Waals surface area contributed by atoms with Crippen LogP contribution in [0.2, 0.25) is 0 Å². The predicted octanol–water partition coefficient (Wildman–Crippen LogP) is 4.27. The highest BCUT2D eigenvalue weighted by molar-refractivity contribution is 7.14. The summed E-state index contributed by atoms with van der Waals surface area (Å²) in [5.41, 5.74) is -2.09. The number of rotatable bonds is 4. The molecule has 0 aliphatic carbocycles. The SMILES string of the molecule is Cc1ccc(C(=O)C2=C(C(F)(F)F)Nc3ncnn3[C@@H]2c2cccc([N+](=O)[O-])c2)s1. The van der Waals surface area contributed by atoms with E-state index < -0.39 is 34.2 Å². The van der Waals surface area contributed by atoms with Crippen LogP contribution in [0.1, 0.15) is 26.2 Å². The Morgan fingerprint density at radius 3 is 2.70 bits per heavy atom. The van der Waals surface area contributed by atoms with Gasteiger partial charge >= 0.3 is 6.18 Å². The average Bonchev–Trinajstić information content (AvgIpc) is 3.34. The minimum absolute atomic E-state index is 0.107. The van der Waals surface area contributed by atoms with Crippen molar-refractivity contribution in [2.24, 2.45) is 0 Å². The molecule has 0 spiro atoms. The molecule has 0 unspecified atom stereocenters. The van der Waals surface area contributed by atoms with Gasteiger partial charge in [0.25, 0.3) is 5.69 Å². The largest absolute Gasteiger partial charge is 0.431 e. The molecule has 30 heavy (non-hydrogen) atoms. The number of ketones is 1. The Hall–Kier alpha value is -3.54. The van der Waals surface area contributed by atoms with E-state index in [1.54, 1.807) is 13.0 Å². The Labute approximate surface area is 170 Å². The van der Waals surface area contributed by atoms with E-state index in [0.29, 0.717) is 0 Å². The molecule has 0 amide bonds. The lowest BCUT2D eigenvalue weighted by Crippen LogP contribution is -2.35. The topological polar surface area (TPSA) is 103 Å². The lowest BCUT2D eigenvalue weighted by molar-refractivity contribution is -0.384. The third kappa shape index (κ3) is 3.34. The first kappa shape index (κ1) is 19.8. The number of hydrogen-bond donors (Lipinski definition) is 1. The van der Waals surface area contributed by atoms with Crippen LogP contribution >= 0.6 is 11.3 Å². The van der Waals surface area contributed by atoms with Crippen LogP contribution in [0.25, 0.3) is 0 Å². The van der Waals surface area contributed by atoms with Crippen LogP contribution in [0.15, 0.2) is 54.0 Å². The zero-order valence-electron chi connectivity index (χ0n) is 15.2. The normalized spacial score (nSPS) is 16.2. The Kier molecular flexibility index (Phi) is 4.65. The van der Waals surface area contributed by atoms with Gasteiger partial charge in [-0.2, -0.15) is 23.3 Å². The number of nitro groups is 1. The fraction of sp³-hybridized carbons (Fsp3) is 0.167. The van der Waals surface area contributed by atoms with E-state index in [2.05, 4.69) is 15.4 Å². The molecule has 0 radical (unpaired) electrons. The summed E-state index contributed by atoms with van der Waals surface area (Å²) in [5.74, 6) is -1.07. The zero-order chi connectivity index (χ0) is 21.6. The number of nitrogens with zero attached hydrogens (tertiary/aromatic N) is 4. The third-order valence-corrected chi connectivity index (χ3v) is 5.49. The number of aromatic nitrogens is 3. The molecule has 1 aliphatic heterocycles. The van der Waals surface area contributed by atoms with Crippen molar-refractivity contribution in [2.45, 2.75) is 19.1 Å². The van der Waals surface area contributed by atoms with Gasteiger partial charge < -0.3 is 5.32 Å². The number of fused-ring (bicyclic) bond motifs is 1. The number of nitrogens with one attached hydrogen (secondary N) is 1. The Bertz CT molecular complexity index is 1200. The number of allylic oxidation sites excluding steroid dienone is 2. The van der Waals surface area contributed by atoms with Crippen molar-refractivity contribution < 1.29 is 22.9 Å². The van der Waals surface area contributed by atoms with Crippen molar-refractivity contribution in [2.75, 3.05) is 5.32 Å². The number of nitro benzene ring substituents is 1. The van der Waals surface area contributed by atoms with E-state index in [-0.39, 0.29) is 22.1 Å². The van der Waals surface area contributed by atoms with Gasteiger partial charge in [0.1, 0.15) is 18.1 Å². The maximum atomic E-state index is 13.9. The molecule has 3 heterocycles. The van der Waals surface area contributed by atoms with Gasteiger partial charge in [-0.25, -0.2) is 4.68 Å². The van der Waals surface area contributed by atoms with Crippen LogP contribution < -0.4 is 5.32 Å². The first-order chi connectivity index (χ1) is 14.2. The molecular weight excluding hydrogens is 423 g/mol. The summed E-state index contributed by atoms with van der Waals surface area (Å²) < 4.78 is 42.9. The molecule has 3 aromatic rings. The van der Waals surface area contributed by atoms with E-state index >= 15 is 0 Å². The van der Waals surface area contributed by atoms with E-state index in [4.69, 9.17) is 0 Å². The molecule has 8 nitrogen and oxygen atoms in total. The van der Waals surface area contributed by atoms with Gasteiger partial charge in [-0.05, 0) is 24.6 Å². The summed E-state index contributed by atoms with van der Waals surface area (Å²) in [6.45, 7) is 1.73. The fourth-order valence-electron chi connectivity index (χ4n) is 3.23. The van der Waals surface area contributed by atoms with Gasteiger partial charge in [0.15, 0.2) is 0 Å². The van der Waals surface area contributed by atoms with Crippen LogP contribution in [0.4, 0.5) is 24.8 Å². The minimum Gasteiger partial charge on any atom is -0.320 e. The van der Waals surface area contributed by atoms with Gasteiger partial charge in [0, 0.05) is 17.0 Å². The van der Waals surface area contributed by atoms with Crippen LogP contribution in [-0.4, -0.2) is 31.6 Å². The molecule has 1 aromatic carbocycles. The number of carbonyl (C=O) groups excluding carboxylic acids is 1. The highest BCUT2D eigenvalue weighted by atomic mass is 32.1. The monoisotopic (exact) mass is 435 g/mol. The Balaban J connectivity index is 1.98. The Morgan fingerprint density at radius 2 is 2.07 bits per heavy atom. The summed E-state index contributed by atoms with van der Waals surface area (Å²) in [6.07, 6.45) is -3.85. The number of thiophene rings is 1. The number of Topliss-reactive ketones (excluding diaryl/α,β-unsaturated/α-hetero) is 1. The first-order valence-corrected chi connectivity index (χ1v) is 9.32. The number of non-ortho nitro benzene ring substituents is 1. The van der Waals surface area contributed by atoms with Crippen LogP contribution in [0, 0.1) is 17.0 Å². The second-order valence-corrected chi connectivity index (χ2v) is 7.72. The smallest absolute Gasteiger partial charge is 0.320 e. The quantitative estimate of drug-likeness (QED) is 0.373. The van der Waals surface area contributed by atoms with Crippen molar-refractivity contribution in [3.05, 3.63) is 79.4 Å². The number of anilines is 1. The van der Waals surface area contributed by atoms with Crippen LogP contribution in [0.3, 0.4) is 0 Å². The maximum absolute atomic E-state index is 13.9. The molecule has 4 rings (SSSR count). The predicted molar refractivity (Wildman–Crippen MR) is 101 cm³/mol. The minimum atomic E-state index is -4.90. The van der Waals surface area contributed by atoms with Crippen molar-refractivity contribution >= 4 is 28.8 Å². The van der Waals surface area contributed by atoms with Gasteiger partial charge in [-0.3, -0.25) is 14.9 Å². The summed E-state index contributed by atoms with van der Waals surface area (Å²) in [4.78, 5) is 28.4. The summed E-state index contributed by atoms with van der Waals surface area (Å²) in [6, 6.07) is 6.82. The van der Waals surface area contributed by atoms with Crippen molar-refractivity contribution in [1.82, 2.24) is 14.8 Å². The third-order valence-electron chi connectivity index (χ3n) is 4.49. The van der Waals surface area contributed by atoms with Gasteiger partial charge in [0.05, 0.1) is 15.4 Å². The molecule has 12 heteroatoms. The number of benzene rings is 1. The average molecular weight is 435 g/mol. The van der Waals surface area contributed by atoms with Crippen molar-refractivity contribution in [3.63, 3.8) is 0 Å². The molecule has 2 aromatic heterocycles. The lowest BCUT2D eigenvalue weighted by Gasteiger charge is -2.30. The zero-order valence-corrected chi connectivity index (χ0v) is 16.0. The molecular formula is C18H12F3N5O3S. The highest BCUT2D eigenvalue weighted by Crippen LogP contribution is 2.42. The molecule has 1 atom stereocenters. The van der Waals surface area contributed by atoms with Gasteiger partial charge in [-0.15, -0.1) is 11.3 Å². The van der Waals surface area contributed by atoms with Crippen LogP contribution in [-0.2, 0) is 0 Å². The number of alkyl halides is 3. The number of hydrogen-bond acceptors (Lipinski definition) is 7. The number of aryl methyl sites for hydroxylation is 1. The van der Waals surface area contributed by atoms with E-state index in [9.17, 15) is 28.1 Å². The molecule has 154 valence electrons. The molecule has 0 saturated carbocycles. The molecule has 1 N–H and O–H groups in total. The van der Waals surface area contributed by atoms with Crippen molar-refractivity contribution in [3.8, 4) is 0 Å². The molecule has 0 saturated heterocycles. The molecule has 0 fully saturated rings. The van der Waals surface area contributed by atoms with Gasteiger partial charge in [0.2, 0.25) is 11.7 Å². The maximum Gasteiger partial charge on any atom is 0.431 e. The Morgan fingerprint density at radius 1 is 1.30 bits per heavy atom. The second kappa shape index (κ2) is 7.06. The number of halogens is 3. The lowest BCUT2D eigenvalue weighted by atomic mass is 9.91.